The summed E-state index contributed by atoms with van der Waals surface area (Å²) in [5.41, 5.74) is -0.622. The standard InChI is InChI=1S/C21H18F4N2O5S/c1-12(13-6-7-17(16(22)11-13)27-33(2,29)30)26-20(28)32-19-9-8-18(31-19)14-4-3-5-15(10-14)21(23,24)25/h3-12,27H,1-2H3,(H,26,28). The molecule has 0 saturated carbocycles. The molecule has 7 nitrogen and oxygen atoms in total. The number of furan rings is 1. The molecule has 0 aliphatic rings. The van der Waals surface area contributed by atoms with E-state index in [1.54, 1.807) is 0 Å². The highest BCUT2D eigenvalue weighted by molar-refractivity contribution is 7.92. The van der Waals surface area contributed by atoms with Crippen molar-refractivity contribution in [2.24, 2.45) is 0 Å². The summed E-state index contributed by atoms with van der Waals surface area (Å²) < 4.78 is 87.6. The van der Waals surface area contributed by atoms with Gasteiger partial charge in [0.25, 0.3) is 5.95 Å². The molecule has 0 saturated heterocycles. The Kier molecular flexibility index (Phi) is 6.68. The maximum atomic E-state index is 14.1. The predicted octanol–water partition coefficient (Wildman–Crippen LogP) is 5.33. The number of nitrogens with one attached hydrogen (secondary N) is 2. The fourth-order valence-electron chi connectivity index (χ4n) is 2.84. The molecule has 0 fully saturated rings. The van der Waals surface area contributed by atoms with Gasteiger partial charge in [0, 0.05) is 11.6 Å². The van der Waals surface area contributed by atoms with E-state index in [1.807, 2.05) is 4.72 Å². The zero-order chi connectivity index (χ0) is 24.4. The molecule has 12 heteroatoms. The summed E-state index contributed by atoms with van der Waals surface area (Å²) in [5.74, 6) is -1.03. The Morgan fingerprint density at radius 2 is 1.82 bits per heavy atom. The van der Waals surface area contributed by atoms with Crippen LogP contribution in [0.1, 0.15) is 24.1 Å². The zero-order valence-electron chi connectivity index (χ0n) is 17.2. The summed E-state index contributed by atoms with van der Waals surface area (Å²) in [5, 5.41) is 2.44. The first-order valence-corrected chi connectivity index (χ1v) is 11.2. The molecule has 2 aromatic carbocycles. The van der Waals surface area contributed by atoms with Crippen LogP contribution < -0.4 is 14.8 Å². The normalized spacial score (nSPS) is 12.8. The monoisotopic (exact) mass is 486 g/mol. The average Bonchev–Trinajstić information content (AvgIpc) is 3.16. The summed E-state index contributed by atoms with van der Waals surface area (Å²) in [6.45, 7) is 1.54. The molecule has 3 rings (SSSR count). The van der Waals surface area contributed by atoms with Crippen LogP contribution in [0.4, 0.5) is 28.0 Å². The minimum absolute atomic E-state index is 0.0629. The fourth-order valence-corrected chi connectivity index (χ4v) is 3.41. The Balaban J connectivity index is 1.65. The lowest BCUT2D eigenvalue weighted by Gasteiger charge is -2.15. The number of carbonyl (C=O) groups is 1. The molecular weight excluding hydrogens is 468 g/mol. The van der Waals surface area contributed by atoms with E-state index in [9.17, 15) is 30.8 Å². The van der Waals surface area contributed by atoms with Crippen LogP contribution in [0.15, 0.2) is 59.0 Å². The third kappa shape index (κ3) is 6.48. The van der Waals surface area contributed by atoms with Crippen molar-refractivity contribution < 1.29 is 39.9 Å². The average molecular weight is 486 g/mol. The number of rotatable bonds is 6. The Labute approximate surface area is 186 Å². The highest BCUT2D eigenvalue weighted by Crippen LogP contribution is 2.33. The van der Waals surface area contributed by atoms with Crippen LogP contribution in [0.2, 0.25) is 0 Å². The van der Waals surface area contributed by atoms with Gasteiger partial charge in [-0.3, -0.25) is 4.72 Å². The lowest BCUT2D eigenvalue weighted by molar-refractivity contribution is -0.137. The van der Waals surface area contributed by atoms with Crippen molar-refractivity contribution in [2.75, 3.05) is 11.0 Å². The molecular formula is C21H18F4N2O5S. The molecule has 0 radical (unpaired) electrons. The van der Waals surface area contributed by atoms with Crippen molar-refractivity contribution in [1.29, 1.82) is 0 Å². The fraction of sp³-hybridized carbons (Fsp3) is 0.190. The number of hydrogen-bond acceptors (Lipinski definition) is 5. The van der Waals surface area contributed by atoms with Gasteiger partial charge in [-0.1, -0.05) is 18.2 Å². The first-order chi connectivity index (χ1) is 15.3. The van der Waals surface area contributed by atoms with Crippen molar-refractivity contribution in [1.82, 2.24) is 5.32 Å². The largest absolute Gasteiger partial charge is 0.425 e. The minimum atomic E-state index is -4.52. The lowest BCUT2D eigenvalue weighted by atomic mass is 10.1. The van der Waals surface area contributed by atoms with Gasteiger partial charge in [0.05, 0.1) is 23.5 Å². The van der Waals surface area contributed by atoms with Gasteiger partial charge in [-0.05, 0) is 42.8 Å². The van der Waals surface area contributed by atoms with E-state index in [1.165, 1.54) is 43.3 Å². The minimum Gasteiger partial charge on any atom is -0.425 e. The SMILES string of the molecule is CC(NC(=O)Oc1ccc(-c2cccc(C(F)(F)F)c2)o1)c1ccc(NS(C)(=O)=O)c(F)c1. The number of sulfonamides is 1. The van der Waals surface area contributed by atoms with Crippen LogP contribution in [-0.4, -0.2) is 20.8 Å². The van der Waals surface area contributed by atoms with Crippen molar-refractivity contribution in [2.45, 2.75) is 19.1 Å². The van der Waals surface area contributed by atoms with Gasteiger partial charge in [0.2, 0.25) is 10.0 Å². The van der Waals surface area contributed by atoms with Gasteiger partial charge < -0.3 is 14.5 Å². The summed E-state index contributed by atoms with van der Waals surface area (Å²) in [6, 6.07) is 10.0. The Morgan fingerprint density at radius 1 is 1.09 bits per heavy atom. The number of ether oxygens (including phenoxy) is 1. The number of alkyl halides is 3. The van der Waals surface area contributed by atoms with E-state index in [0.29, 0.717) is 5.56 Å². The first kappa shape index (κ1) is 24.1. The second-order valence-electron chi connectivity index (χ2n) is 7.07. The Bertz CT molecular complexity index is 1270. The summed E-state index contributed by atoms with van der Waals surface area (Å²) in [7, 11) is -3.66. The zero-order valence-corrected chi connectivity index (χ0v) is 18.1. The van der Waals surface area contributed by atoms with Crippen molar-refractivity contribution >= 4 is 21.8 Å². The number of halogens is 4. The van der Waals surface area contributed by atoms with Crippen molar-refractivity contribution in [3.05, 3.63) is 71.5 Å². The lowest BCUT2D eigenvalue weighted by Crippen LogP contribution is -2.29. The van der Waals surface area contributed by atoms with Gasteiger partial charge in [-0.15, -0.1) is 0 Å². The first-order valence-electron chi connectivity index (χ1n) is 9.35. The molecule has 1 unspecified atom stereocenters. The van der Waals surface area contributed by atoms with E-state index in [4.69, 9.17) is 9.15 Å². The van der Waals surface area contributed by atoms with Crippen LogP contribution in [0.3, 0.4) is 0 Å². The number of hydrogen-bond donors (Lipinski definition) is 2. The summed E-state index contributed by atoms with van der Waals surface area (Å²) in [4.78, 5) is 12.1. The second kappa shape index (κ2) is 9.14. The molecule has 176 valence electrons. The molecule has 1 heterocycles. The predicted molar refractivity (Wildman–Crippen MR) is 112 cm³/mol. The molecule has 0 aliphatic carbocycles. The van der Waals surface area contributed by atoms with Crippen LogP contribution >= 0.6 is 0 Å². The molecule has 1 amide bonds. The van der Waals surface area contributed by atoms with Crippen LogP contribution in [0.25, 0.3) is 11.3 Å². The molecule has 0 bridgehead atoms. The quantitative estimate of drug-likeness (QED) is 0.460. The van der Waals surface area contributed by atoms with Crippen LogP contribution in [0.5, 0.6) is 5.95 Å². The number of carbonyl (C=O) groups excluding carboxylic acids is 1. The van der Waals surface area contributed by atoms with Gasteiger partial charge in [0.1, 0.15) is 11.6 Å². The third-order valence-electron chi connectivity index (χ3n) is 4.37. The van der Waals surface area contributed by atoms with Gasteiger partial charge in [-0.2, -0.15) is 13.2 Å². The topological polar surface area (TPSA) is 97.6 Å². The number of anilines is 1. The molecule has 1 atom stereocenters. The van der Waals surface area contributed by atoms with Crippen LogP contribution in [-0.2, 0) is 16.2 Å². The smallest absolute Gasteiger partial charge is 0.416 e. The molecule has 2 N–H and O–H groups in total. The molecule has 3 aromatic rings. The third-order valence-corrected chi connectivity index (χ3v) is 4.96. The Hall–Kier alpha value is -3.54. The van der Waals surface area contributed by atoms with Crippen molar-refractivity contribution in [3.63, 3.8) is 0 Å². The van der Waals surface area contributed by atoms with Gasteiger partial charge in [0.15, 0.2) is 0 Å². The van der Waals surface area contributed by atoms with E-state index in [-0.39, 0.29) is 23.0 Å². The van der Waals surface area contributed by atoms with E-state index in [2.05, 4.69) is 5.32 Å². The second-order valence-corrected chi connectivity index (χ2v) is 8.81. The van der Waals surface area contributed by atoms with Gasteiger partial charge >= 0.3 is 12.3 Å². The van der Waals surface area contributed by atoms with Crippen LogP contribution in [0, 0.1) is 5.82 Å². The molecule has 0 aliphatic heterocycles. The van der Waals surface area contributed by atoms with E-state index < -0.39 is 39.7 Å². The number of amides is 1. The highest BCUT2D eigenvalue weighted by Gasteiger charge is 2.30. The van der Waals surface area contributed by atoms with E-state index >= 15 is 0 Å². The summed E-state index contributed by atoms with van der Waals surface area (Å²) >= 11 is 0. The van der Waals surface area contributed by atoms with Gasteiger partial charge in [-0.25, -0.2) is 17.6 Å². The number of benzene rings is 2. The Morgan fingerprint density at radius 3 is 2.45 bits per heavy atom. The molecule has 1 aromatic heterocycles. The maximum Gasteiger partial charge on any atom is 0.416 e. The maximum absolute atomic E-state index is 14.1. The highest BCUT2D eigenvalue weighted by atomic mass is 32.2. The molecule has 0 spiro atoms. The summed E-state index contributed by atoms with van der Waals surface area (Å²) in [6.07, 6.45) is -4.59. The molecule has 33 heavy (non-hydrogen) atoms. The van der Waals surface area contributed by atoms with E-state index in [0.717, 1.165) is 24.5 Å². The van der Waals surface area contributed by atoms with Crippen molar-refractivity contribution in [3.8, 4) is 17.3 Å².